The van der Waals surface area contributed by atoms with Crippen LogP contribution in [0.3, 0.4) is 0 Å². The van der Waals surface area contributed by atoms with Gasteiger partial charge in [-0.1, -0.05) is 12.1 Å². The van der Waals surface area contributed by atoms with Crippen LogP contribution in [0.1, 0.15) is 12.8 Å². The van der Waals surface area contributed by atoms with E-state index in [2.05, 4.69) is 5.32 Å². The Kier molecular flexibility index (Phi) is 5.35. The molecule has 1 aliphatic rings. The molecule has 4 nitrogen and oxygen atoms in total. The highest BCUT2D eigenvalue weighted by Gasteiger charge is 2.25. The van der Waals surface area contributed by atoms with Gasteiger partial charge in [-0.15, -0.1) is 0 Å². The van der Waals surface area contributed by atoms with E-state index in [0.29, 0.717) is 31.9 Å². The molecule has 0 spiro atoms. The van der Waals surface area contributed by atoms with Crippen LogP contribution in [0.25, 0.3) is 0 Å². The Balaban J connectivity index is 1.83. The van der Waals surface area contributed by atoms with Crippen molar-refractivity contribution in [1.82, 2.24) is 5.32 Å². The number of rotatable bonds is 5. The Morgan fingerprint density at radius 2 is 2.10 bits per heavy atom. The minimum atomic E-state index is -0.199. The van der Waals surface area contributed by atoms with E-state index in [1.54, 1.807) is 19.2 Å². The highest BCUT2D eigenvalue weighted by molar-refractivity contribution is 5.79. The number of carbonyl (C=O) groups is 1. The van der Waals surface area contributed by atoms with E-state index in [4.69, 9.17) is 4.74 Å². The van der Waals surface area contributed by atoms with Crippen molar-refractivity contribution in [2.75, 3.05) is 38.3 Å². The van der Waals surface area contributed by atoms with Crippen LogP contribution in [0.15, 0.2) is 24.3 Å². The van der Waals surface area contributed by atoms with Gasteiger partial charge in [-0.3, -0.25) is 4.79 Å². The first-order valence-corrected chi connectivity index (χ1v) is 6.98. The molecular weight excluding hydrogens is 259 g/mol. The molecule has 1 heterocycles. The summed E-state index contributed by atoms with van der Waals surface area (Å²) in [6.07, 6.45) is 1.51. The molecule has 1 aliphatic heterocycles. The van der Waals surface area contributed by atoms with Crippen LogP contribution < -0.4 is 10.2 Å². The number of para-hydroxylation sites is 1. The zero-order valence-corrected chi connectivity index (χ0v) is 11.8. The van der Waals surface area contributed by atoms with Crippen molar-refractivity contribution < 1.29 is 13.9 Å². The Bertz CT molecular complexity index is 445. The van der Waals surface area contributed by atoms with E-state index < -0.39 is 0 Å². The lowest BCUT2D eigenvalue weighted by Crippen LogP contribution is -2.41. The van der Waals surface area contributed by atoms with Crippen molar-refractivity contribution in [3.63, 3.8) is 0 Å². The van der Waals surface area contributed by atoms with Crippen molar-refractivity contribution >= 4 is 11.6 Å². The summed E-state index contributed by atoms with van der Waals surface area (Å²) in [7, 11) is 1.61. The number of methoxy groups -OCH3 is 1. The summed E-state index contributed by atoms with van der Waals surface area (Å²) in [6, 6.07) is 6.78. The predicted octanol–water partition coefficient (Wildman–Crippen LogP) is 1.80. The number of ether oxygens (including phenoxy) is 1. The second-order valence-corrected chi connectivity index (χ2v) is 5.00. The number of nitrogens with zero attached hydrogens (tertiary/aromatic N) is 1. The maximum Gasteiger partial charge on any atom is 0.223 e. The molecule has 1 N–H and O–H groups in total. The molecule has 0 bridgehead atoms. The molecule has 1 amide bonds. The van der Waals surface area contributed by atoms with Gasteiger partial charge in [0.2, 0.25) is 5.91 Å². The second kappa shape index (κ2) is 7.24. The third kappa shape index (κ3) is 3.70. The summed E-state index contributed by atoms with van der Waals surface area (Å²) in [4.78, 5) is 13.9. The molecule has 0 aliphatic carbocycles. The van der Waals surface area contributed by atoms with Crippen molar-refractivity contribution in [1.29, 1.82) is 0 Å². The first-order chi connectivity index (χ1) is 9.72. The average molecular weight is 280 g/mol. The summed E-state index contributed by atoms with van der Waals surface area (Å²) in [5, 5.41) is 2.86. The topological polar surface area (TPSA) is 41.6 Å². The number of amides is 1. The SMILES string of the molecule is COCCNC(=O)C1CCN(c2ccccc2F)CC1. The first kappa shape index (κ1) is 14.8. The van der Waals surface area contributed by atoms with Crippen LogP contribution in [-0.4, -0.2) is 39.3 Å². The highest BCUT2D eigenvalue weighted by atomic mass is 19.1. The van der Waals surface area contributed by atoms with Crippen LogP contribution >= 0.6 is 0 Å². The van der Waals surface area contributed by atoms with E-state index in [9.17, 15) is 9.18 Å². The number of piperidine rings is 1. The standard InChI is InChI=1S/C15H21FN2O2/c1-20-11-8-17-15(19)12-6-9-18(10-7-12)14-5-3-2-4-13(14)16/h2-5,12H,6-11H2,1H3,(H,17,19). The van der Waals surface area contributed by atoms with Gasteiger partial charge < -0.3 is 15.0 Å². The van der Waals surface area contributed by atoms with Gasteiger partial charge in [0.1, 0.15) is 5.82 Å². The quantitative estimate of drug-likeness (QED) is 0.836. The molecule has 0 aromatic heterocycles. The molecule has 0 unspecified atom stereocenters. The van der Waals surface area contributed by atoms with Gasteiger partial charge in [0, 0.05) is 32.7 Å². The fraction of sp³-hybridized carbons (Fsp3) is 0.533. The Morgan fingerprint density at radius 3 is 2.75 bits per heavy atom. The van der Waals surface area contributed by atoms with E-state index in [-0.39, 0.29) is 17.6 Å². The van der Waals surface area contributed by atoms with E-state index in [1.165, 1.54) is 6.07 Å². The summed E-state index contributed by atoms with van der Waals surface area (Å²) < 4.78 is 18.6. The lowest BCUT2D eigenvalue weighted by atomic mass is 9.95. The van der Waals surface area contributed by atoms with Gasteiger partial charge >= 0.3 is 0 Å². The summed E-state index contributed by atoms with van der Waals surface area (Å²) in [5.41, 5.74) is 0.630. The fourth-order valence-corrected chi connectivity index (χ4v) is 2.51. The van der Waals surface area contributed by atoms with E-state index in [1.807, 2.05) is 11.0 Å². The van der Waals surface area contributed by atoms with Crippen molar-refractivity contribution in [3.05, 3.63) is 30.1 Å². The second-order valence-electron chi connectivity index (χ2n) is 5.00. The smallest absolute Gasteiger partial charge is 0.223 e. The van der Waals surface area contributed by atoms with Crippen LogP contribution in [0.2, 0.25) is 0 Å². The molecule has 110 valence electrons. The maximum atomic E-state index is 13.7. The van der Waals surface area contributed by atoms with Crippen molar-refractivity contribution in [2.24, 2.45) is 5.92 Å². The van der Waals surface area contributed by atoms with Gasteiger partial charge in [0.15, 0.2) is 0 Å². The minimum Gasteiger partial charge on any atom is -0.383 e. The van der Waals surface area contributed by atoms with Crippen LogP contribution in [0.4, 0.5) is 10.1 Å². The summed E-state index contributed by atoms with van der Waals surface area (Å²) in [6.45, 7) is 2.50. The third-order valence-corrected chi connectivity index (χ3v) is 3.66. The number of carbonyl (C=O) groups excluding carboxylic acids is 1. The fourth-order valence-electron chi connectivity index (χ4n) is 2.51. The Labute approximate surface area is 118 Å². The largest absolute Gasteiger partial charge is 0.383 e. The number of benzene rings is 1. The van der Waals surface area contributed by atoms with E-state index in [0.717, 1.165) is 12.8 Å². The van der Waals surface area contributed by atoms with Gasteiger partial charge in [-0.05, 0) is 25.0 Å². The molecule has 1 saturated heterocycles. The number of halogens is 1. The lowest BCUT2D eigenvalue weighted by molar-refractivity contribution is -0.125. The Morgan fingerprint density at radius 1 is 1.40 bits per heavy atom. The molecule has 1 fully saturated rings. The van der Waals surface area contributed by atoms with Gasteiger partial charge in [-0.25, -0.2) is 4.39 Å². The number of hydrogen-bond acceptors (Lipinski definition) is 3. The molecule has 1 aromatic rings. The molecule has 1 aromatic carbocycles. The van der Waals surface area contributed by atoms with Crippen LogP contribution in [-0.2, 0) is 9.53 Å². The predicted molar refractivity (Wildman–Crippen MR) is 76.2 cm³/mol. The molecule has 0 radical (unpaired) electrons. The maximum absolute atomic E-state index is 13.7. The minimum absolute atomic E-state index is 0.0230. The normalized spacial score (nSPS) is 16.2. The summed E-state index contributed by atoms with van der Waals surface area (Å²) in [5.74, 6) is -0.0967. The zero-order valence-electron chi connectivity index (χ0n) is 11.8. The molecule has 0 saturated carbocycles. The van der Waals surface area contributed by atoms with Crippen LogP contribution in [0, 0.1) is 11.7 Å². The number of hydrogen-bond donors (Lipinski definition) is 1. The molecule has 5 heteroatoms. The first-order valence-electron chi connectivity index (χ1n) is 6.98. The third-order valence-electron chi connectivity index (χ3n) is 3.66. The van der Waals surface area contributed by atoms with Gasteiger partial charge in [0.05, 0.1) is 12.3 Å². The van der Waals surface area contributed by atoms with Crippen LogP contribution in [0.5, 0.6) is 0 Å². The average Bonchev–Trinajstić information content (AvgIpc) is 2.48. The van der Waals surface area contributed by atoms with E-state index >= 15 is 0 Å². The van der Waals surface area contributed by atoms with Crippen molar-refractivity contribution in [3.8, 4) is 0 Å². The number of anilines is 1. The molecular formula is C15H21FN2O2. The summed E-state index contributed by atoms with van der Waals surface area (Å²) >= 11 is 0. The van der Waals surface area contributed by atoms with Gasteiger partial charge in [0.25, 0.3) is 0 Å². The lowest BCUT2D eigenvalue weighted by Gasteiger charge is -2.33. The van der Waals surface area contributed by atoms with Gasteiger partial charge in [-0.2, -0.15) is 0 Å². The molecule has 20 heavy (non-hydrogen) atoms. The zero-order chi connectivity index (χ0) is 14.4. The molecule has 2 rings (SSSR count). The molecule has 0 atom stereocenters. The van der Waals surface area contributed by atoms with Crippen molar-refractivity contribution in [2.45, 2.75) is 12.8 Å². The Hall–Kier alpha value is -1.62. The monoisotopic (exact) mass is 280 g/mol. The highest BCUT2D eigenvalue weighted by Crippen LogP contribution is 2.25. The number of nitrogens with one attached hydrogen (secondary N) is 1.